The Morgan fingerprint density at radius 2 is 1.86 bits per heavy atom. The number of carbonyl (C=O) groups excluding carboxylic acids is 1. The Morgan fingerprint density at radius 3 is 2.52 bits per heavy atom. The predicted molar refractivity (Wildman–Crippen MR) is 68.4 cm³/mol. The number of aryl methyl sites for hydroxylation is 1. The Labute approximate surface area is 118 Å². The van der Waals surface area contributed by atoms with E-state index in [9.17, 15) is 18.0 Å². The van der Waals surface area contributed by atoms with Gasteiger partial charge in [-0.15, -0.1) is 0 Å². The zero-order valence-corrected chi connectivity index (χ0v) is 11.3. The standard InChI is InChI=1S/C14H12F3NO3/c1-7-9(14(19)20-2)3-8(21-7)6-18-13-5-11(16)10(15)4-12(13)17/h3-5,18H,6H2,1-2H3. The Hall–Kier alpha value is -2.44. The van der Waals surface area contributed by atoms with Crippen LogP contribution in [0.3, 0.4) is 0 Å². The maximum absolute atomic E-state index is 13.4. The van der Waals surface area contributed by atoms with Crippen LogP contribution < -0.4 is 5.32 Å². The van der Waals surface area contributed by atoms with Crippen molar-refractivity contribution >= 4 is 11.7 Å². The number of ether oxygens (including phenoxy) is 1. The van der Waals surface area contributed by atoms with E-state index in [4.69, 9.17) is 4.42 Å². The summed E-state index contributed by atoms with van der Waals surface area (Å²) in [6.07, 6.45) is 0. The van der Waals surface area contributed by atoms with Gasteiger partial charge in [-0.1, -0.05) is 0 Å². The molecule has 1 aromatic heterocycles. The molecule has 2 rings (SSSR count). The Morgan fingerprint density at radius 1 is 1.19 bits per heavy atom. The van der Waals surface area contributed by atoms with Crippen LogP contribution in [0.5, 0.6) is 0 Å². The third-order valence-electron chi connectivity index (χ3n) is 2.84. The maximum Gasteiger partial charge on any atom is 0.341 e. The first-order valence-electron chi connectivity index (χ1n) is 5.98. The lowest BCUT2D eigenvalue weighted by Crippen LogP contribution is -2.03. The van der Waals surface area contributed by atoms with Crippen LogP contribution >= 0.6 is 0 Å². The summed E-state index contributed by atoms with van der Waals surface area (Å²) in [6, 6.07) is 2.60. The van der Waals surface area contributed by atoms with Crippen LogP contribution in [0.4, 0.5) is 18.9 Å². The van der Waals surface area contributed by atoms with Gasteiger partial charge in [-0.3, -0.25) is 0 Å². The van der Waals surface area contributed by atoms with Gasteiger partial charge in [0.15, 0.2) is 11.6 Å². The van der Waals surface area contributed by atoms with E-state index in [0.717, 1.165) is 0 Å². The van der Waals surface area contributed by atoms with Crippen LogP contribution in [0.15, 0.2) is 22.6 Å². The summed E-state index contributed by atoms with van der Waals surface area (Å²) in [7, 11) is 1.24. The van der Waals surface area contributed by atoms with Crippen LogP contribution in [0.25, 0.3) is 0 Å². The van der Waals surface area contributed by atoms with Crippen LogP contribution in [-0.2, 0) is 11.3 Å². The molecule has 7 heteroatoms. The highest BCUT2D eigenvalue weighted by atomic mass is 19.2. The van der Waals surface area contributed by atoms with Gasteiger partial charge in [0.2, 0.25) is 0 Å². The molecule has 1 aromatic carbocycles. The second-order valence-corrected chi connectivity index (χ2v) is 4.27. The Kier molecular flexibility index (Phi) is 4.21. The number of hydrogen-bond donors (Lipinski definition) is 1. The van der Waals surface area contributed by atoms with Gasteiger partial charge >= 0.3 is 5.97 Å². The van der Waals surface area contributed by atoms with E-state index >= 15 is 0 Å². The highest BCUT2D eigenvalue weighted by molar-refractivity contribution is 5.90. The minimum absolute atomic E-state index is 0.000172. The lowest BCUT2D eigenvalue weighted by molar-refractivity contribution is 0.0599. The van der Waals surface area contributed by atoms with Crippen molar-refractivity contribution in [3.05, 3.63) is 52.7 Å². The fourth-order valence-corrected chi connectivity index (χ4v) is 1.78. The van der Waals surface area contributed by atoms with Crippen molar-refractivity contribution < 1.29 is 27.1 Å². The van der Waals surface area contributed by atoms with Gasteiger partial charge in [0, 0.05) is 12.1 Å². The van der Waals surface area contributed by atoms with Gasteiger partial charge in [-0.05, 0) is 13.0 Å². The molecule has 0 radical (unpaired) electrons. The SMILES string of the molecule is COC(=O)c1cc(CNc2cc(F)c(F)cc2F)oc1C. The first kappa shape index (κ1) is 15.0. The summed E-state index contributed by atoms with van der Waals surface area (Å²) in [4.78, 5) is 11.4. The topological polar surface area (TPSA) is 51.5 Å². The molecule has 0 aliphatic heterocycles. The number of methoxy groups -OCH3 is 1. The van der Waals surface area contributed by atoms with E-state index in [1.165, 1.54) is 13.2 Å². The number of halogens is 3. The van der Waals surface area contributed by atoms with Crippen LogP contribution in [0.2, 0.25) is 0 Å². The average molecular weight is 299 g/mol. The smallest absolute Gasteiger partial charge is 0.341 e. The van der Waals surface area contributed by atoms with Gasteiger partial charge in [0.1, 0.15) is 22.9 Å². The van der Waals surface area contributed by atoms with Crippen molar-refractivity contribution in [2.24, 2.45) is 0 Å². The molecule has 21 heavy (non-hydrogen) atoms. The minimum Gasteiger partial charge on any atom is -0.465 e. The fraction of sp³-hybridized carbons (Fsp3) is 0.214. The Bertz CT molecular complexity index is 682. The molecule has 112 valence electrons. The largest absolute Gasteiger partial charge is 0.465 e. The maximum atomic E-state index is 13.4. The van der Waals surface area contributed by atoms with Gasteiger partial charge in [0.25, 0.3) is 0 Å². The van der Waals surface area contributed by atoms with E-state index < -0.39 is 23.4 Å². The lowest BCUT2D eigenvalue weighted by atomic mass is 10.2. The third-order valence-corrected chi connectivity index (χ3v) is 2.84. The van der Waals surface area contributed by atoms with Crippen molar-refractivity contribution in [1.82, 2.24) is 0 Å². The number of rotatable bonds is 4. The number of esters is 1. The van der Waals surface area contributed by atoms with Gasteiger partial charge in [0.05, 0.1) is 19.3 Å². The van der Waals surface area contributed by atoms with Crippen molar-refractivity contribution in [3.63, 3.8) is 0 Å². The van der Waals surface area contributed by atoms with E-state index in [1.54, 1.807) is 6.92 Å². The monoisotopic (exact) mass is 299 g/mol. The van der Waals surface area contributed by atoms with Crippen LogP contribution in [0.1, 0.15) is 21.9 Å². The number of nitrogens with one attached hydrogen (secondary N) is 1. The quantitative estimate of drug-likeness (QED) is 0.694. The van der Waals surface area contributed by atoms with Crippen molar-refractivity contribution in [2.75, 3.05) is 12.4 Å². The summed E-state index contributed by atoms with van der Waals surface area (Å²) >= 11 is 0. The Balaban J connectivity index is 2.14. The molecule has 0 spiro atoms. The first-order valence-corrected chi connectivity index (χ1v) is 5.98. The van der Waals surface area contributed by atoms with Crippen molar-refractivity contribution in [1.29, 1.82) is 0 Å². The highest BCUT2D eigenvalue weighted by Crippen LogP contribution is 2.21. The number of benzene rings is 1. The molecule has 0 unspecified atom stereocenters. The molecule has 0 fully saturated rings. The second kappa shape index (κ2) is 5.90. The van der Waals surface area contributed by atoms with Gasteiger partial charge in [-0.25, -0.2) is 18.0 Å². The molecule has 4 nitrogen and oxygen atoms in total. The minimum atomic E-state index is -1.26. The molecule has 1 heterocycles. The normalized spacial score (nSPS) is 10.5. The summed E-state index contributed by atoms with van der Waals surface area (Å²) in [5.74, 6) is -3.22. The molecular weight excluding hydrogens is 287 g/mol. The second-order valence-electron chi connectivity index (χ2n) is 4.27. The van der Waals surface area contributed by atoms with E-state index in [-0.39, 0.29) is 17.8 Å². The molecular formula is C14H12F3NO3. The number of hydrogen-bond acceptors (Lipinski definition) is 4. The zero-order chi connectivity index (χ0) is 15.6. The van der Waals surface area contributed by atoms with E-state index in [2.05, 4.69) is 10.1 Å². The van der Waals surface area contributed by atoms with E-state index in [0.29, 0.717) is 23.7 Å². The number of carbonyl (C=O) groups is 1. The lowest BCUT2D eigenvalue weighted by Gasteiger charge is -2.06. The van der Waals surface area contributed by atoms with Crippen LogP contribution in [0, 0.1) is 24.4 Å². The van der Waals surface area contributed by atoms with Gasteiger partial charge in [-0.2, -0.15) is 0 Å². The molecule has 0 saturated carbocycles. The average Bonchev–Trinajstić information content (AvgIpc) is 2.81. The highest BCUT2D eigenvalue weighted by Gasteiger charge is 2.16. The molecule has 0 bridgehead atoms. The van der Waals surface area contributed by atoms with Gasteiger partial charge < -0.3 is 14.5 Å². The number of anilines is 1. The fourth-order valence-electron chi connectivity index (χ4n) is 1.78. The van der Waals surface area contributed by atoms with Crippen molar-refractivity contribution in [3.8, 4) is 0 Å². The molecule has 2 aromatic rings. The molecule has 0 atom stereocenters. The molecule has 0 saturated heterocycles. The summed E-state index contributed by atoms with van der Waals surface area (Å²) in [5, 5.41) is 2.57. The summed E-state index contributed by atoms with van der Waals surface area (Å²) in [5.41, 5.74) is 0.0441. The molecule has 1 N–H and O–H groups in total. The molecule has 0 aliphatic rings. The summed E-state index contributed by atoms with van der Waals surface area (Å²) < 4.78 is 49.1. The van der Waals surface area contributed by atoms with Crippen LogP contribution in [-0.4, -0.2) is 13.1 Å². The van der Waals surface area contributed by atoms with Crippen molar-refractivity contribution in [2.45, 2.75) is 13.5 Å². The number of furan rings is 1. The molecule has 0 amide bonds. The third kappa shape index (κ3) is 3.18. The molecule has 0 aliphatic carbocycles. The first-order chi connectivity index (χ1) is 9.92. The predicted octanol–water partition coefficient (Wildman–Crippen LogP) is 3.40. The van der Waals surface area contributed by atoms with E-state index in [1.807, 2.05) is 0 Å². The summed E-state index contributed by atoms with van der Waals surface area (Å²) in [6.45, 7) is 1.58. The zero-order valence-electron chi connectivity index (χ0n) is 11.3.